The molecule has 0 saturated heterocycles. The van der Waals surface area contributed by atoms with Gasteiger partial charge in [0, 0.05) is 18.5 Å². The zero-order valence-electron chi connectivity index (χ0n) is 13.5. The number of carbonyl (C=O) groups is 3. The second-order valence-corrected chi connectivity index (χ2v) is 6.47. The van der Waals surface area contributed by atoms with Crippen molar-refractivity contribution in [3.63, 3.8) is 0 Å². The molecule has 0 unspecified atom stereocenters. The first-order chi connectivity index (χ1) is 10.7. The third-order valence-electron chi connectivity index (χ3n) is 2.72. The molecule has 0 aliphatic heterocycles. The molecule has 0 bridgehead atoms. The largest absolute Gasteiger partial charge is 0.351 e. The maximum Gasteiger partial charge on any atom is 0.252 e. The van der Waals surface area contributed by atoms with Crippen LogP contribution in [0.4, 0.5) is 0 Å². The fraction of sp³-hybridized carbons (Fsp3) is 0.438. The summed E-state index contributed by atoms with van der Waals surface area (Å²) in [5, 5.41) is 8.21. The summed E-state index contributed by atoms with van der Waals surface area (Å²) >= 11 is 5.91. The molecule has 0 heterocycles. The number of nitrogens with one attached hydrogen (secondary N) is 3. The van der Waals surface area contributed by atoms with Crippen molar-refractivity contribution in [2.75, 3.05) is 13.1 Å². The fourth-order valence-electron chi connectivity index (χ4n) is 1.76. The van der Waals surface area contributed by atoms with Crippen LogP contribution in [0.2, 0.25) is 5.02 Å². The highest BCUT2D eigenvalue weighted by molar-refractivity contribution is 6.33. The van der Waals surface area contributed by atoms with Crippen LogP contribution < -0.4 is 16.0 Å². The lowest BCUT2D eigenvalue weighted by molar-refractivity contribution is -0.126. The van der Waals surface area contributed by atoms with Crippen LogP contribution in [0.15, 0.2) is 24.3 Å². The Kier molecular flexibility index (Phi) is 7.03. The quantitative estimate of drug-likeness (QED) is 0.733. The molecule has 3 amide bonds. The molecule has 0 aliphatic carbocycles. The van der Waals surface area contributed by atoms with Crippen molar-refractivity contribution in [3.05, 3.63) is 34.9 Å². The van der Waals surface area contributed by atoms with Gasteiger partial charge in [0.05, 0.1) is 17.1 Å². The van der Waals surface area contributed by atoms with Crippen LogP contribution in [0.25, 0.3) is 0 Å². The highest BCUT2D eigenvalue weighted by Gasteiger charge is 2.14. The SMILES string of the molecule is CC(C)(C)NC(=O)CNC(=O)CCNC(=O)c1ccccc1Cl. The van der Waals surface area contributed by atoms with Gasteiger partial charge in [-0.2, -0.15) is 0 Å². The normalized spacial score (nSPS) is 10.8. The van der Waals surface area contributed by atoms with Gasteiger partial charge in [0.2, 0.25) is 11.8 Å². The van der Waals surface area contributed by atoms with Gasteiger partial charge in [-0.15, -0.1) is 0 Å². The first kappa shape index (κ1) is 19.0. The van der Waals surface area contributed by atoms with Gasteiger partial charge in [-0.25, -0.2) is 0 Å². The lowest BCUT2D eigenvalue weighted by atomic mass is 10.1. The average Bonchev–Trinajstić information content (AvgIpc) is 2.43. The Hall–Kier alpha value is -2.08. The van der Waals surface area contributed by atoms with Crippen LogP contribution in [0.5, 0.6) is 0 Å². The lowest BCUT2D eigenvalue weighted by Gasteiger charge is -2.20. The molecule has 126 valence electrons. The number of amides is 3. The molecule has 1 aromatic rings. The summed E-state index contributed by atoms with van der Waals surface area (Å²) < 4.78 is 0. The van der Waals surface area contributed by atoms with E-state index in [9.17, 15) is 14.4 Å². The van der Waals surface area contributed by atoms with Gasteiger partial charge in [0.15, 0.2) is 0 Å². The minimum Gasteiger partial charge on any atom is -0.351 e. The summed E-state index contributed by atoms with van der Waals surface area (Å²) in [5.74, 6) is -0.909. The molecule has 1 rings (SSSR count). The maximum absolute atomic E-state index is 11.9. The van der Waals surface area contributed by atoms with Crippen molar-refractivity contribution in [1.29, 1.82) is 0 Å². The molecule has 23 heavy (non-hydrogen) atoms. The predicted molar refractivity (Wildman–Crippen MR) is 89.3 cm³/mol. The molecule has 0 fully saturated rings. The van der Waals surface area contributed by atoms with Crippen LogP contribution in [-0.2, 0) is 9.59 Å². The Balaban J connectivity index is 2.28. The number of rotatable bonds is 6. The molecule has 0 spiro atoms. The van der Waals surface area contributed by atoms with Crippen LogP contribution in [0, 0.1) is 0 Å². The van der Waals surface area contributed by atoms with Crippen molar-refractivity contribution < 1.29 is 14.4 Å². The molecule has 6 nitrogen and oxygen atoms in total. The molecule has 0 aliphatic rings. The lowest BCUT2D eigenvalue weighted by Crippen LogP contribution is -2.46. The molecule has 1 aromatic carbocycles. The number of hydrogen-bond donors (Lipinski definition) is 3. The Morgan fingerprint density at radius 1 is 1.04 bits per heavy atom. The first-order valence-electron chi connectivity index (χ1n) is 7.29. The van der Waals surface area contributed by atoms with E-state index in [1.54, 1.807) is 24.3 Å². The van der Waals surface area contributed by atoms with Gasteiger partial charge in [-0.1, -0.05) is 23.7 Å². The minimum atomic E-state index is -0.343. The highest BCUT2D eigenvalue weighted by atomic mass is 35.5. The third-order valence-corrected chi connectivity index (χ3v) is 3.05. The Morgan fingerprint density at radius 3 is 2.30 bits per heavy atom. The summed E-state index contributed by atoms with van der Waals surface area (Å²) in [4.78, 5) is 35.1. The fourth-order valence-corrected chi connectivity index (χ4v) is 1.98. The van der Waals surface area contributed by atoms with Crippen molar-refractivity contribution in [1.82, 2.24) is 16.0 Å². The zero-order chi connectivity index (χ0) is 17.5. The number of hydrogen-bond acceptors (Lipinski definition) is 3. The summed E-state index contributed by atoms with van der Waals surface area (Å²) in [7, 11) is 0. The minimum absolute atomic E-state index is 0.0823. The van der Waals surface area contributed by atoms with Gasteiger partial charge < -0.3 is 16.0 Å². The molecule has 3 N–H and O–H groups in total. The van der Waals surface area contributed by atoms with Gasteiger partial charge in [0.25, 0.3) is 5.91 Å². The predicted octanol–water partition coefficient (Wildman–Crippen LogP) is 1.49. The molecule has 7 heteroatoms. The van der Waals surface area contributed by atoms with E-state index in [1.165, 1.54) is 0 Å². The van der Waals surface area contributed by atoms with E-state index in [0.717, 1.165) is 0 Å². The zero-order valence-corrected chi connectivity index (χ0v) is 14.3. The summed E-state index contributed by atoms with van der Waals surface area (Å²) in [6.45, 7) is 5.65. The molecule has 0 aromatic heterocycles. The summed E-state index contributed by atoms with van der Waals surface area (Å²) in [6.07, 6.45) is 0.0823. The molecule has 0 saturated carbocycles. The molecular weight excluding hydrogens is 318 g/mol. The maximum atomic E-state index is 11.9. The van der Waals surface area contributed by atoms with E-state index in [2.05, 4.69) is 16.0 Å². The van der Waals surface area contributed by atoms with Gasteiger partial charge in [-0.05, 0) is 32.9 Å². The topological polar surface area (TPSA) is 87.3 Å². The van der Waals surface area contributed by atoms with Crippen LogP contribution in [-0.4, -0.2) is 36.3 Å². The van der Waals surface area contributed by atoms with E-state index in [1.807, 2.05) is 20.8 Å². The van der Waals surface area contributed by atoms with E-state index >= 15 is 0 Å². The van der Waals surface area contributed by atoms with Crippen molar-refractivity contribution >= 4 is 29.3 Å². The van der Waals surface area contributed by atoms with Crippen LogP contribution >= 0.6 is 11.6 Å². The van der Waals surface area contributed by atoms with Crippen LogP contribution in [0.1, 0.15) is 37.6 Å². The monoisotopic (exact) mass is 339 g/mol. The van der Waals surface area contributed by atoms with Gasteiger partial charge in [-0.3, -0.25) is 14.4 Å². The Morgan fingerprint density at radius 2 is 1.70 bits per heavy atom. The van der Waals surface area contributed by atoms with Crippen molar-refractivity contribution in [3.8, 4) is 0 Å². The Labute approximate surface area is 141 Å². The number of carbonyl (C=O) groups excluding carboxylic acids is 3. The smallest absolute Gasteiger partial charge is 0.252 e. The van der Waals surface area contributed by atoms with E-state index in [4.69, 9.17) is 11.6 Å². The standard InChI is InChI=1S/C16H22ClN3O3/c1-16(2,3)20-14(22)10-19-13(21)8-9-18-15(23)11-6-4-5-7-12(11)17/h4-7H,8-10H2,1-3H3,(H,18,23)(H,19,21)(H,20,22). The van der Waals surface area contributed by atoms with Gasteiger partial charge >= 0.3 is 0 Å². The second kappa shape index (κ2) is 8.53. The first-order valence-corrected chi connectivity index (χ1v) is 7.67. The molecular formula is C16H22ClN3O3. The van der Waals surface area contributed by atoms with Crippen molar-refractivity contribution in [2.45, 2.75) is 32.7 Å². The summed E-state index contributed by atoms with van der Waals surface area (Å²) in [6, 6.07) is 6.67. The summed E-state index contributed by atoms with van der Waals surface area (Å²) in [5.41, 5.74) is 0.0178. The van der Waals surface area contributed by atoms with Gasteiger partial charge in [0.1, 0.15) is 0 Å². The average molecular weight is 340 g/mol. The molecule has 0 radical (unpaired) electrons. The highest BCUT2D eigenvalue weighted by Crippen LogP contribution is 2.14. The van der Waals surface area contributed by atoms with E-state index < -0.39 is 0 Å². The number of benzene rings is 1. The van der Waals surface area contributed by atoms with E-state index in [0.29, 0.717) is 10.6 Å². The van der Waals surface area contributed by atoms with E-state index in [-0.39, 0.29) is 42.8 Å². The second-order valence-electron chi connectivity index (χ2n) is 6.06. The molecule has 0 atom stereocenters. The third kappa shape index (κ3) is 7.65. The van der Waals surface area contributed by atoms with Crippen LogP contribution in [0.3, 0.4) is 0 Å². The van der Waals surface area contributed by atoms with Crippen molar-refractivity contribution in [2.24, 2.45) is 0 Å². The number of halogens is 1. The Bertz CT molecular complexity index is 582.